The second kappa shape index (κ2) is 5.44. The molecule has 2 aliphatic heterocycles. The van der Waals surface area contributed by atoms with Gasteiger partial charge in [0.1, 0.15) is 0 Å². The Morgan fingerprint density at radius 2 is 1.83 bits per heavy atom. The summed E-state index contributed by atoms with van der Waals surface area (Å²) in [6.45, 7) is 0.157. The normalized spacial score (nSPS) is 17.3. The van der Waals surface area contributed by atoms with Gasteiger partial charge >= 0.3 is 5.97 Å². The monoisotopic (exact) mass is 327 g/mol. The fourth-order valence-corrected chi connectivity index (χ4v) is 2.51. The first kappa shape index (κ1) is 13.8. The summed E-state index contributed by atoms with van der Waals surface area (Å²) in [6.07, 6.45) is 1.57. The predicted octanol–water partition coefficient (Wildman–Crippen LogP) is 3.41. The molecule has 2 heterocycles. The van der Waals surface area contributed by atoms with E-state index in [9.17, 15) is 4.79 Å². The fraction of sp³-hybridized carbons (Fsp3) is 0.0588. The van der Waals surface area contributed by atoms with Crippen LogP contribution in [-0.4, -0.2) is 18.7 Å². The number of halogens is 1. The van der Waals surface area contributed by atoms with E-state index < -0.39 is 5.97 Å². The molecule has 0 atom stereocenters. The molecular formula is C17H10ClNO4. The number of carbonyl (C=O) groups is 1. The van der Waals surface area contributed by atoms with Gasteiger partial charge in [0.2, 0.25) is 12.7 Å². The highest BCUT2D eigenvalue weighted by atomic mass is 35.5. The highest BCUT2D eigenvalue weighted by Crippen LogP contribution is 2.37. The Balaban J connectivity index is 1.71. The van der Waals surface area contributed by atoms with Crippen molar-refractivity contribution < 1.29 is 19.0 Å². The molecule has 4 rings (SSSR count). The van der Waals surface area contributed by atoms with E-state index in [1.54, 1.807) is 18.2 Å². The summed E-state index contributed by atoms with van der Waals surface area (Å²) >= 11 is 6.21. The van der Waals surface area contributed by atoms with Crippen molar-refractivity contribution in [3.05, 3.63) is 64.3 Å². The molecule has 2 aromatic carbocycles. The van der Waals surface area contributed by atoms with Crippen molar-refractivity contribution in [3.8, 4) is 11.5 Å². The molecule has 6 heteroatoms. The SMILES string of the molecule is O=C1OC(c2ccccc2)=N/C1=C/c1cc2c(cc1Cl)OCO2. The molecule has 114 valence electrons. The molecule has 0 saturated carbocycles. The average molecular weight is 328 g/mol. The summed E-state index contributed by atoms with van der Waals surface area (Å²) in [7, 11) is 0. The lowest BCUT2D eigenvalue weighted by Crippen LogP contribution is -2.04. The second-order valence-electron chi connectivity index (χ2n) is 4.93. The van der Waals surface area contributed by atoms with Crippen LogP contribution in [0.3, 0.4) is 0 Å². The number of benzene rings is 2. The molecule has 23 heavy (non-hydrogen) atoms. The maximum atomic E-state index is 12.0. The number of carbonyl (C=O) groups excluding carboxylic acids is 1. The van der Waals surface area contributed by atoms with Crippen LogP contribution in [-0.2, 0) is 9.53 Å². The Morgan fingerprint density at radius 3 is 2.61 bits per heavy atom. The first-order chi connectivity index (χ1) is 11.2. The molecule has 0 bridgehead atoms. The lowest BCUT2D eigenvalue weighted by molar-refractivity contribution is -0.129. The van der Waals surface area contributed by atoms with Crippen molar-refractivity contribution in [1.29, 1.82) is 0 Å². The lowest BCUT2D eigenvalue weighted by atomic mass is 10.1. The van der Waals surface area contributed by atoms with E-state index in [0.717, 1.165) is 5.56 Å². The molecular weight excluding hydrogens is 318 g/mol. The molecule has 0 unspecified atom stereocenters. The number of hydrogen-bond acceptors (Lipinski definition) is 5. The number of ether oxygens (including phenoxy) is 3. The van der Waals surface area contributed by atoms with E-state index in [-0.39, 0.29) is 18.4 Å². The molecule has 0 fully saturated rings. The van der Waals surface area contributed by atoms with Crippen LogP contribution >= 0.6 is 11.6 Å². The summed E-state index contributed by atoms with van der Waals surface area (Å²) in [4.78, 5) is 16.2. The Morgan fingerprint density at radius 1 is 1.09 bits per heavy atom. The maximum absolute atomic E-state index is 12.0. The number of esters is 1. The third-order valence-electron chi connectivity index (χ3n) is 3.43. The van der Waals surface area contributed by atoms with Crippen LogP contribution in [0, 0.1) is 0 Å². The van der Waals surface area contributed by atoms with Gasteiger partial charge in [-0.25, -0.2) is 9.79 Å². The van der Waals surface area contributed by atoms with Crippen LogP contribution < -0.4 is 9.47 Å². The number of hydrogen-bond donors (Lipinski definition) is 0. The minimum Gasteiger partial charge on any atom is -0.454 e. The van der Waals surface area contributed by atoms with Gasteiger partial charge in [-0.1, -0.05) is 29.8 Å². The molecule has 0 aromatic heterocycles. The standard InChI is InChI=1S/C17H10ClNO4/c18-12-8-15-14(21-9-22-15)7-11(12)6-13-17(20)23-16(19-13)10-4-2-1-3-5-10/h1-8H,9H2/b13-6+. The summed E-state index contributed by atoms with van der Waals surface area (Å²) in [5.74, 6) is 0.927. The first-order valence-electron chi connectivity index (χ1n) is 6.88. The van der Waals surface area contributed by atoms with E-state index in [1.165, 1.54) is 0 Å². The summed E-state index contributed by atoms with van der Waals surface area (Å²) < 4.78 is 15.8. The van der Waals surface area contributed by atoms with Crippen LogP contribution in [0.5, 0.6) is 11.5 Å². The zero-order chi connectivity index (χ0) is 15.8. The molecule has 0 amide bonds. The van der Waals surface area contributed by atoms with E-state index in [0.29, 0.717) is 22.1 Å². The lowest BCUT2D eigenvalue weighted by Gasteiger charge is -2.01. The smallest absolute Gasteiger partial charge is 0.363 e. The number of nitrogens with zero attached hydrogens (tertiary/aromatic N) is 1. The van der Waals surface area contributed by atoms with Gasteiger partial charge in [0.25, 0.3) is 0 Å². The van der Waals surface area contributed by atoms with Gasteiger partial charge in [-0.3, -0.25) is 0 Å². The van der Waals surface area contributed by atoms with E-state index in [1.807, 2.05) is 30.3 Å². The van der Waals surface area contributed by atoms with Crippen molar-refractivity contribution in [1.82, 2.24) is 0 Å². The van der Waals surface area contributed by atoms with Crippen molar-refractivity contribution in [3.63, 3.8) is 0 Å². The highest BCUT2D eigenvalue weighted by Gasteiger charge is 2.25. The molecule has 0 saturated heterocycles. The molecule has 5 nitrogen and oxygen atoms in total. The highest BCUT2D eigenvalue weighted by molar-refractivity contribution is 6.32. The summed E-state index contributed by atoms with van der Waals surface area (Å²) in [6, 6.07) is 12.6. The summed E-state index contributed by atoms with van der Waals surface area (Å²) in [5.41, 5.74) is 1.53. The fourth-order valence-electron chi connectivity index (χ4n) is 2.30. The Labute approximate surface area is 136 Å². The quantitative estimate of drug-likeness (QED) is 0.626. The topological polar surface area (TPSA) is 57.1 Å². The van der Waals surface area contributed by atoms with Crippen LogP contribution in [0.25, 0.3) is 6.08 Å². The van der Waals surface area contributed by atoms with Crippen molar-refractivity contribution in [2.75, 3.05) is 6.79 Å². The maximum Gasteiger partial charge on any atom is 0.363 e. The van der Waals surface area contributed by atoms with E-state index in [4.69, 9.17) is 25.8 Å². The van der Waals surface area contributed by atoms with Gasteiger partial charge in [-0.05, 0) is 29.8 Å². The molecule has 0 radical (unpaired) electrons. The van der Waals surface area contributed by atoms with Gasteiger partial charge in [-0.15, -0.1) is 0 Å². The molecule has 0 spiro atoms. The van der Waals surface area contributed by atoms with Gasteiger partial charge in [-0.2, -0.15) is 0 Å². The van der Waals surface area contributed by atoms with Crippen LogP contribution in [0.2, 0.25) is 5.02 Å². The number of aliphatic imine (C=N–C) groups is 1. The van der Waals surface area contributed by atoms with Crippen molar-refractivity contribution >= 4 is 29.5 Å². The molecule has 0 N–H and O–H groups in total. The predicted molar refractivity (Wildman–Crippen MR) is 84.6 cm³/mol. The minimum absolute atomic E-state index is 0.157. The number of cyclic esters (lactones) is 1. The van der Waals surface area contributed by atoms with Crippen molar-refractivity contribution in [2.45, 2.75) is 0 Å². The second-order valence-corrected chi connectivity index (χ2v) is 5.34. The van der Waals surface area contributed by atoms with Gasteiger partial charge in [0.05, 0.1) is 5.02 Å². The molecule has 0 aliphatic carbocycles. The van der Waals surface area contributed by atoms with Gasteiger partial charge < -0.3 is 14.2 Å². The van der Waals surface area contributed by atoms with E-state index in [2.05, 4.69) is 4.99 Å². The summed E-state index contributed by atoms with van der Waals surface area (Å²) in [5, 5.41) is 0.443. The van der Waals surface area contributed by atoms with E-state index >= 15 is 0 Å². The molecule has 2 aromatic rings. The Bertz CT molecular complexity index is 858. The van der Waals surface area contributed by atoms with Gasteiger partial charge in [0, 0.05) is 11.6 Å². The van der Waals surface area contributed by atoms with Crippen LogP contribution in [0.15, 0.2) is 53.2 Å². The largest absolute Gasteiger partial charge is 0.454 e. The Kier molecular flexibility index (Phi) is 3.28. The number of rotatable bonds is 2. The Hall–Kier alpha value is -2.79. The molecule has 2 aliphatic rings. The zero-order valence-corrected chi connectivity index (χ0v) is 12.5. The average Bonchev–Trinajstić information content (AvgIpc) is 3.15. The minimum atomic E-state index is -0.516. The van der Waals surface area contributed by atoms with Gasteiger partial charge in [0.15, 0.2) is 17.2 Å². The third-order valence-corrected chi connectivity index (χ3v) is 3.75. The first-order valence-corrected chi connectivity index (χ1v) is 7.25. The zero-order valence-electron chi connectivity index (χ0n) is 11.8. The third kappa shape index (κ3) is 2.55. The van der Waals surface area contributed by atoms with Crippen LogP contribution in [0.4, 0.5) is 0 Å². The van der Waals surface area contributed by atoms with Crippen molar-refractivity contribution in [2.24, 2.45) is 4.99 Å². The number of fused-ring (bicyclic) bond motifs is 1. The van der Waals surface area contributed by atoms with Crippen LogP contribution in [0.1, 0.15) is 11.1 Å².